The first-order valence-corrected chi connectivity index (χ1v) is 6.25. The lowest BCUT2D eigenvalue weighted by molar-refractivity contribution is 0.628. The van der Waals surface area contributed by atoms with Gasteiger partial charge in [0.15, 0.2) is 0 Å². The van der Waals surface area contributed by atoms with E-state index in [1.807, 2.05) is 18.2 Å². The first kappa shape index (κ1) is 10.0. The van der Waals surface area contributed by atoms with E-state index in [0.717, 1.165) is 44.8 Å². The van der Waals surface area contributed by atoms with Gasteiger partial charge in [-0.1, -0.05) is 29.8 Å². The standard InChI is InChI=1S/C15H10ClNO/c16-11-4-3-9-8-14-13(7-10(9)6-11)12-2-1-5-17-15(12)18-14/h1-4,6-8,17H,5H2. The zero-order valence-corrected chi connectivity index (χ0v) is 10.3. The average Bonchev–Trinajstić information content (AvgIpc) is 2.74. The fraction of sp³-hybridized carbons (Fsp3) is 0.0667. The van der Waals surface area contributed by atoms with Gasteiger partial charge in [-0.05, 0) is 35.0 Å². The highest BCUT2D eigenvalue weighted by Gasteiger charge is 2.14. The molecule has 3 heteroatoms. The molecule has 3 aromatic rings. The van der Waals surface area contributed by atoms with E-state index in [-0.39, 0.29) is 0 Å². The largest absolute Gasteiger partial charge is 0.440 e. The summed E-state index contributed by atoms with van der Waals surface area (Å²) in [6.07, 6.45) is 4.20. The molecule has 2 heterocycles. The number of anilines is 1. The molecule has 2 nitrogen and oxygen atoms in total. The van der Waals surface area contributed by atoms with Crippen LogP contribution >= 0.6 is 11.6 Å². The van der Waals surface area contributed by atoms with E-state index in [2.05, 4.69) is 29.6 Å². The number of hydrogen-bond donors (Lipinski definition) is 1. The molecule has 0 amide bonds. The molecule has 4 rings (SSSR count). The summed E-state index contributed by atoms with van der Waals surface area (Å²) in [5.74, 6) is 0.855. The third-order valence-corrected chi connectivity index (χ3v) is 3.55. The summed E-state index contributed by atoms with van der Waals surface area (Å²) >= 11 is 6.04. The SMILES string of the molecule is Clc1ccc2cc3oc4c(c3cc2c1)C=CCN4. The van der Waals surface area contributed by atoms with E-state index < -0.39 is 0 Å². The zero-order chi connectivity index (χ0) is 12.1. The summed E-state index contributed by atoms with van der Waals surface area (Å²) in [6, 6.07) is 10.1. The van der Waals surface area contributed by atoms with E-state index in [1.165, 1.54) is 0 Å². The summed E-state index contributed by atoms with van der Waals surface area (Å²) < 4.78 is 5.83. The molecular formula is C15H10ClNO. The highest BCUT2D eigenvalue weighted by Crippen LogP contribution is 2.35. The van der Waals surface area contributed by atoms with Crippen molar-refractivity contribution in [3.63, 3.8) is 0 Å². The molecule has 1 aliphatic heterocycles. The molecule has 2 aromatic carbocycles. The Morgan fingerprint density at radius 3 is 3.00 bits per heavy atom. The molecule has 1 N–H and O–H groups in total. The maximum absolute atomic E-state index is 6.04. The van der Waals surface area contributed by atoms with Crippen LogP contribution in [0.15, 0.2) is 40.8 Å². The zero-order valence-electron chi connectivity index (χ0n) is 9.53. The Bertz CT molecular complexity index is 801. The molecular weight excluding hydrogens is 246 g/mol. The minimum absolute atomic E-state index is 0.757. The van der Waals surface area contributed by atoms with Crippen LogP contribution < -0.4 is 5.32 Å². The second kappa shape index (κ2) is 3.53. The van der Waals surface area contributed by atoms with Gasteiger partial charge in [0.1, 0.15) is 5.58 Å². The van der Waals surface area contributed by atoms with Crippen LogP contribution in [-0.4, -0.2) is 6.54 Å². The lowest BCUT2D eigenvalue weighted by Gasteiger charge is -2.05. The Morgan fingerprint density at radius 1 is 1.11 bits per heavy atom. The second-order valence-corrected chi connectivity index (χ2v) is 4.90. The van der Waals surface area contributed by atoms with Crippen LogP contribution in [0.3, 0.4) is 0 Å². The van der Waals surface area contributed by atoms with Gasteiger partial charge >= 0.3 is 0 Å². The molecule has 0 bridgehead atoms. The predicted molar refractivity (Wildman–Crippen MR) is 76.3 cm³/mol. The smallest absolute Gasteiger partial charge is 0.201 e. The number of benzene rings is 2. The van der Waals surface area contributed by atoms with Crippen molar-refractivity contribution in [1.82, 2.24) is 0 Å². The van der Waals surface area contributed by atoms with Crippen molar-refractivity contribution in [2.75, 3.05) is 11.9 Å². The molecule has 0 radical (unpaired) electrons. The molecule has 0 spiro atoms. The van der Waals surface area contributed by atoms with Crippen molar-refractivity contribution < 1.29 is 4.42 Å². The Balaban J connectivity index is 2.13. The van der Waals surface area contributed by atoms with E-state index in [0.29, 0.717) is 0 Å². The third kappa shape index (κ3) is 1.36. The van der Waals surface area contributed by atoms with E-state index >= 15 is 0 Å². The molecule has 0 aliphatic carbocycles. The van der Waals surface area contributed by atoms with Gasteiger partial charge in [-0.2, -0.15) is 0 Å². The Kier molecular flexibility index (Phi) is 1.97. The fourth-order valence-electron chi connectivity index (χ4n) is 2.46. The van der Waals surface area contributed by atoms with Gasteiger partial charge < -0.3 is 9.73 Å². The van der Waals surface area contributed by atoms with E-state index in [9.17, 15) is 0 Å². The first-order chi connectivity index (χ1) is 8.81. The van der Waals surface area contributed by atoms with Gasteiger partial charge in [0.2, 0.25) is 5.88 Å². The highest BCUT2D eigenvalue weighted by molar-refractivity contribution is 6.31. The Hall–Kier alpha value is -1.93. The number of hydrogen-bond acceptors (Lipinski definition) is 2. The second-order valence-electron chi connectivity index (χ2n) is 4.47. The van der Waals surface area contributed by atoms with Crippen LogP contribution in [-0.2, 0) is 0 Å². The van der Waals surface area contributed by atoms with Crippen molar-refractivity contribution >= 4 is 45.3 Å². The summed E-state index contributed by atoms with van der Waals surface area (Å²) in [7, 11) is 0. The molecule has 88 valence electrons. The van der Waals surface area contributed by atoms with Gasteiger partial charge in [0, 0.05) is 22.5 Å². The Morgan fingerprint density at radius 2 is 2.06 bits per heavy atom. The maximum atomic E-state index is 6.04. The van der Waals surface area contributed by atoms with Gasteiger partial charge in [-0.25, -0.2) is 0 Å². The van der Waals surface area contributed by atoms with Crippen molar-refractivity contribution in [3.8, 4) is 0 Å². The molecule has 0 fully saturated rings. The van der Waals surface area contributed by atoms with Gasteiger partial charge in [0.05, 0.1) is 0 Å². The van der Waals surface area contributed by atoms with Crippen LogP contribution in [0.1, 0.15) is 5.56 Å². The molecule has 1 aliphatic rings. The van der Waals surface area contributed by atoms with Crippen LogP contribution in [0.4, 0.5) is 5.88 Å². The van der Waals surface area contributed by atoms with Crippen LogP contribution in [0, 0.1) is 0 Å². The lowest BCUT2D eigenvalue weighted by Crippen LogP contribution is -2.01. The summed E-state index contributed by atoms with van der Waals surface area (Å²) in [5.41, 5.74) is 2.03. The fourth-order valence-corrected chi connectivity index (χ4v) is 2.64. The quantitative estimate of drug-likeness (QED) is 0.631. The normalized spacial score (nSPS) is 13.8. The first-order valence-electron chi connectivity index (χ1n) is 5.87. The number of nitrogens with one attached hydrogen (secondary N) is 1. The van der Waals surface area contributed by atoms with Gasteiger partial charge in [-0.3, -0.25) is 0 Å². The summed E-state index contributed by atoms with van der Waals surface area (Å²) in [5, 5.41) is 7.40. The van der Waals surface area contributed by atoms with Crippen LogP contribution in [0.2, 0.25) is 5.02 Å². The van der Waals surface area contributed by atoms with E-state index in [4.69, 9.17) is 16.0 Å². The van der Waals surface area contributed by atoms with E-state index in [1.54, 1.807) is 0 Å². The number of rotatable bonds is 0. The van der Waals surface area contributed by atoms with Crippen LogP contribution in [0.5, 0.6) is 0 Å². The molecule has 0 atom stereocenters. The predicted octanol–water partition coefficient (Wildman–Crippen LogP) is 4.68. The maximum Gasteiger partial charge on any atom is 0.201 e. The average molecular weight is 256 g/mol. The Labute approximate surface area is 109 Å². The van der Waals surface area contributed by atoms with Crippen molar-refractivity contribution in [1.29, 1.82) is 0 Å². The minimum atomic E-state index is 0.757. The highest BCUT2D eigenvalue weighted by atomic mass is 35.5. The molecule has 18 heavy (non-hydrogen) atoms. The van der Waals surface area contributed by atoms with Gasteiger partial charge in [-0.15, -0.1) is 0 Å². The van der Waals surface area contributed by atoms with Crippen molar-refractivity contribution in [2.45, 2.75) is 0 Å². The van der Waals surface area contributed by atoms with Crippen LogP contribution in [0.25, 0.3) is 27.8 Å². The van der Waals surface area contributed by atoms with Crippen molar-refractivity contribution in [2.24, 2.45) is 0 Å². The third-order valence-electron chi connectivity index (χ3n) is 3.31. The summed E-state index contributed by atoms with van der Waals surface area (Å²) in [6.45, 7) is 0.818. The molecule has 1 aromatic heterocycles. The monoisotopic (exact) mass is 255 g/mol. The minimum Gasteiger partial charge on any atom is -0.440 e. The lowest BCUT2D eigenvalue weighted by atomic mass is 10.0. The molecule has 0 saturated heterocycles. The number of fused-ring (bicyclic) bond motifs is 4. The topological polar surface area (TPSA) is 25.2 Å². The molecule has 0 unspecified atom stereocenters. The number of halogens is 1. The van der Waals surface area contributed by atoms with Crippen molar-refractivity contribution in [3.05, 3.63) is 47.0 Å². The molecule has 0 saturated carbocycles. The summed E-state index contributed by atoms with van der Waals surface area (Å²) in [4.78, 5) is 0. The van der Waals surface area contributed by atoms with Gasteiger partial charge in [0.25, 0.3) is 0 Å². The number of furan rings is 1.